The minimum atomic E-state index is 0.565. The Kier molecular flexibility index (Phi) is 4.52. The molecule has 94 valence electrons. The van der Waals surface area contributed by atoms with E-state index in [9.17, 15) is 0 Å². The molecule has 1 fully saturated rings. The Morgan fingerprint density at radius 2 is 2.12 bits per heavy atom. The molecule has 0 aromatic heterocycles. The molecule has 1 N–H and O–H groups in total. The lowest BCUT2D eigenvalue weighted by atomic mass is 9.86. The summed E-state index contributed by atoms with van der Waals surface area (Å²) in [6, 6.07) is 11.5. The van der Waals surface area contributed by atoms with E-state index in [1.54, 1.807) is 0 Å². The second kappa shape index (κ2) is 5.92. The Labute approximate surface area is 109 Å². The Morgan fingerprint density at radius 3 is 2.76 bits per heavy atom. The van der Waals surface area contributed by atoms with Gasteiger partial charge in [-0.05, 0) is 56.0 Å². The van der Waals surface area contributed by atoms with Gasteiger partial charge in [-0.1, -0.05) is 25.1 Å². The summed E-state index contributed by atoms with van der Waals surface area (Å²) in [6.07, 6.45) is 5.42. The molecule has 2 heteroatoms. The summed E-state index contributed by atoms with van der Waals surface area (Å²) in [5.41, 5.74) is 0.565. The van der Waals surface area contributed by atoms with Crippen molar-refractivity contribution >= 4 is 11.8 Å². The smallest absolute Gasteiger partial charge is 0.00719 e. The Bertz CT molecular complexity index is 338. The normalized spacial score (nSPS) is 28.5. The van der Waals surface area contributed by atoms with Crippen LogP contribution in [0.1, 0.15) is 32.6 Å². The summed E-state index contributed by atoms with van der Waals surface area (Å²) in [5, 5.41) is 3.42. The largest absolute Gasteiger partial charge is 0.317 e. The van der Waals surface area contributed by atoms with Crippen molar-refractivity contribution in [2.75, 3.05) is 12.8 Å². The molecule has 0 bridgehead atoms. The van der Waals surface area contributed by atoms with E-state index in [0.29, 0.717) is 5.41 Å². The van der Waals surface area contributed by atoms with E-state index in [1.165, 1.54) is 36.3 Å². The lowest BCUT2D eigenvalue weighted by Gasteiger charge is -2.23. The van der Waals surface area contributed by atoms with Crippen LogP contribution in [-0.4, -0.2) is 18.8 Å². The average Bonchev–Trinajstić information content (AvgIpc) is 2.73. The summed E-state index contributed by atoms with van der Waals surface area (Å²) < 4.78 is 0. The van der Waals surface area contributed by atoms with E-state index in [0.717, 1.165) is 6.04 Å². The molecule has 0 spiro atoms. The third kappa shape index (κ3) is 3.75. The van der Waals surface area contributed by atoms with E-state index in [-0.39, 0.29) is 0 Å². The summed E-state index contributed by atoms with van der Waals surface area (Å²) in [7, 11) is 2.09. The lowest BCUT2D eigenvalue weighted by Crippen LogP contribution is -2.23. The van der Waals surface area contributed by atoms with Gasteiger partial charge in [-0.3, -0.25) is 0 Å². The lowest BCUT2D eigenvalue weighted by molar-refractivity contribution is 0.317. The van der Waals surface area contributed by atoms with Gasteiger partial charge in [-0.2, -0.15) is 0 Å². The summed E-state index contributed by atoms with van der Waals surface area (Å²) in [5.74, 6) is 1.25. The van der Waals surface area contributed by atoms with Crippen molar-refractivity contribution in [3.05, 3.63) is 30.3 Å². The van der Waals surface area contributed by atoms with Gasteiger partial charge in [0.15, 0.2) is 0 Å². The zero-order valence-corrected chi connectivity index (χ0v) is 11.7. The van der Waals surface area contributed by atoms with Crippen molar-refractivity contribution in [1.82, 2.24) is 5.32 Å². The Balaban J connectivity index is 1.75. The fourth-order valence-corrected chi connectivity index (χ4v) is 3.91. The number of hydrogen-bond donors (Lipinski definition) is 1. The van der Waals surface area contributed by atoms with E-state index >= 15 is 0 Å². The van der Waals surface area contributed by atoms with E-state index in [4.69, 9.17) is 0 Å². The molecule has 1 aromatic carbocycles. The van der Waals surface area contributed by atoms with Crippen molar-refractivity contribution in [3.8, 4) is 0 Å². The first-order chi connectivity index (χ1) is 8.22. The molecule has 0 amide bonds. The standard InChI is InChI=1S/C15H23NS/c1-15(9-8-13(12-15)16-2)10-11-17-14-6-4-3-5-7-14/h3-7,13,16H,8-12H2,1-2H3. The quantitative estimate of drug-likeness (QED) is 0.793. The molecule has 2 unspecified atom stereocenters. The molecule has 1 saturated carbocycles. The molecular weight excluding hydrogens is 226 g/mol. The van der Waals surface area contributed by atoms with Gasteiger partial charge < -0.3 is 5.32 Å². The number of rotatable bonds is 5. The highest BCUT2D eigenvalue weighted by Crippen LogP contribution is 2.41. The molecular formula is C15H23NS. The molecule has 1 aliphatic rings. The van der Waals surface area contributed by atoms with Gasteiger partial charge in [0.1, 0.15) is 0 Å². The number of thioether (sulfide) groups is 1. The molecule has 1 aliphatic carbocycles. The van der Waals surface area contributed by atoms with Crippen LogP contribution in [0.2, 0.25) is 0 Å². The molecule has 0 saturated heterocycles. The topological polar surface area (TPSA) is 12.0 Å². The highest BCUT2D eigenvalue weighted by Gasteiger charge is 2.33. The maximum Gasteiger partial charge on any atom is 0.00719 e. The van der Waals surface area contributed by atoms with Gasteiger partial charge in [0.05, 0.1) is 0 Å². The molecule has 0 heterocycles. The van der Waals surface area contributed by atoms with Crippen molar-refractivity contribution in [1.29, 1.82) is 0 Å². The van der Waals surface area contributed by atoms with Crippen LogP contribution in [0.3, 0.4) is 0 Å². The molecule has 0 aliphatic heterocycles. The maximum atomic E-state index is 3.42. The number of benzene rings is 1. The fraction of sp³-hybridized carbons (Fsp3) is 0.600. The Morgan fingerprint density at radius 1 is 1.35 bits per heavy atom. The zero-order valence-electron chi connectivity index (χ0n) is 10.9. The van der Waals surface area contributed by atoms with Crippen molar-refractivity contribution in [2.24, 2.45) is 5.41 Å². The SMILES string of the molecule is CNC1CCC(C)(CCSc2ccccc2)C1. The van der Waals surface area contributed by atoms with Gasteiger partial charge >= 0.3 is 0 Å². The minimum absolute atomic E-state index is 0.565. The fourth-order valence-electron chi connectivity index (χ4n) is 2.73. The van der Waals surface area contributed by atoms with E-state index < -0.39 is 0 Å². The highest BCUT2D eigenvalue weighted by molar-refractivity contribution is 7.99. The van der Waals surface area contributed by atoms with Crippen LogP contribution in [-0.2, 0) is 0 Å². The second-order valence-electron chi connectivity index (χ2n) is 5.45. The van der Waals surface area contributed by atoms with Crippen LogP contribution >= 0.6 is 11.8 Å². The average molecular weight is 249 g/mol. The van der Waals surface area contributed by atoms with Crippen molar-refractivity contribution < 1.29 is 0 Å². The van der Waals surface area contributed by atoms with Gasteiger partial charge in [0.25, 0.3) is 0 Å². The van der Waals surface area contributed by atoms with Crippen LogP contribution in [0.4, 0.5) is 0 Å². The second-order valence-corrected chi connectivity index (χ2v) is 6.62. The first-order valence-electron chi connectivity index (χ1n) is 6.57. The van der Waals surface area contributed by atoms with Gasteiger partial charge in [-0.15, -0.1) is 11.8 Å². The Hall–Kier alpha value is -0.470. The maximum absolute atomic E-state index is 3.42. The third-order valence-corrected chi connectivity index (χ3v) is 4.98. The van der Waals surface area contributed by atoms with E-state index in [1.807, 2.05) is 11.8 Å². The van der Waals surface area contributed by atoms with E-state index in [2.05, 4.69) is 49.6 Å². The van der Waals surface area contributed by atoms with Crippen molar-refractivity contribution in [2.45, 2.75) is 43.5 Å². The summed E-state index contributed by atoms with van der Waals surface area (Å²) in [6.45, 7) is 2.45. The summed E-state index contributed by atoms with van der Waals surface area (Å²) >= 11 is 1.99. The van der Waals surface area contributed by atoms with Crippen LogP contribution in [0.5, 0.6) is 0 Å². The van der Waals surface area contributed by atoms with Gasteiger partial charge in [0, 0.05) is 10.9 Å². The predicted octanol–water partition coefficient (Wildman–Crippen LogP) is 3.95. The molecule has 1 aromatic rings. The summed E-state index contributed by atoms with van der Waals surface area (Å²) in [4.78, 5) is 1.40. The predicted molar refractivity (Wildman–Crippen MR) is 76.6 cm³/mol. The number of hydrogen-bond acceptors (Lipinski definition) is 2. The van der Waals surface area contributed by atoms with Crippen LogP contribution in [0, 0.1) is 5.41 Å². The molecule has 17 heavy (non-hydrogen) atoms. The molecule has 0 radical (unpaired) electrons. The monoisotopic (exact) mass is 249 g/mol. The van der Waals surface area contributed by atoms with Crippen LogP contribution < -0.4 is 5.32 Å². The molecule has 2 rings (SSSR count). The minimum Gasteiger partial charge on any atom is -0.317 e. The molecule has 1 nitrogen and oxygen atoms in total. The number of nitrogens with one attached hydrogen (secondary N) is 1. The zero-order chi connectivity index (χ0) is 12.1. The van der Waals surface area contributed by atoms with Crippen molar-refractivity contribution in [3.63, 3.8) is 0 Å². The van der Waals surface area contributed by atoms with Gasteiger partial charge in [-0.25, -0.2) is 0 Å². The van der Waals surface area contributed by atoms with Crippen LogP contribution in [0.25, 0.3) is 0 Å². The highest BCUT2D eigenvalue weighted by atomic mass is 32.2. The van der Waals surface area contributed by atoms with Gasteiger partial charge in [0.2, 0.25) is 0 Å². The third-order valence-electron chi connectivity index (χ3n) is 3.96. The van der Waals surface area contributed by atoms with Crippen LogP contribution in [0.15, 0.2) is 35.2 Å². The first-order valence-corrected chi connectivity index (χ1v) is 7.55. The first kappa shape index (κ1) is 13.0. The molecule has 2 atom stereocenters.